The van der Waals surface area contributed by atoms with Gasteiger partial charge in [-0.05, 0) is 81.3 Å². The summed E-state index contributed by atoms with van der Waals surface area (Å²) in [5, 5.41) is 0. The molecule has 6 rings (SSSR count). The zero-order valence-electron chi connectivity index (χ0n) is 27.9. The number of benzene rings is 3. The van der Waals surface area contributed by atoms with Crippen LogP contribution in [0, 0.1) is 20.8 Å². The lowest BCUT2D eigenvalue weighted by Crippen LogP contribution is -2.40. The summed E-state index contributed by atoms with van der Waals surface area (Å²) in [5.74, 6) is -0.469. The van der Waals surface area contributed by atoms with E-state index in [9.17, 15) is 14.4 Å². The summed E-state index contributed by atoms with van der Waals surface area (Å²) in [7, 11) is 2.92. The van der Waals surface area contributed by atoms with Crippen molar-refractivity contribution in [3.8, 4) is 11.4 Å². The van der Waals surface area contributed by atoms with Crippen LogP contribution < -0.4 is 19.6 Å². The first-order chi connectivity index (χ1) is 23.6. The molecule has 0 saturated carbocycles. The topological polar surface area (TPSA) is 101 Å². The van der Waals surface area contributed by atoms with E-state index in [1.54, 1.807) is 30.7 Å². The molecule has 0 N–H and O–H groups in total. The van der Waals surface area contributed by atoms with Crippen molar-refractivity contribution in [1.29, 1.82) is 0 Å². The molecule has 0 amide bonds. The maximum absolute atomic E-state index is 14.5. The van der Waals surface area contributed by atoms with Crippen molar-refractivity contribution in [2.45, 2.75) is 33.7 Å². The first-order valence-corrected chi connectivity index (χ1v) is 17.2. The fraction of sp³-hybridized carbons (Fsp3) is 0.211. The number of hydrogen-bond acceptors (Lipinski definition) is 8. The van der Waals surface area contributed by atoms with Gasteiger partial charge in [0.1, 0.15) is 11.8 Å². The van der Waals surface area contributed by atoms with Crippen LogP contribution in [0.3, 0.4) is 0 Å². The Bertz CT molecular complexity index is 2330. The minimum absolute atomic E-state index is 0.148. The number of halogens is 1. The lowest BCUT2D eigenvalue weighted by atomic mass is 9.92. The molecule has 3 heterocycles. The van der Waals surface area contributed by atoms with Crippen molar-refractivity contribution in [1.82, 2.24) is 9.13 Å². The standard InChI is InChI=1S/C38H34BrN3O6S/c1-7-48-37(45)32-33(24-12-9-8-10-13-24)40-38-42(34(32)28-20-26(39)16-17-30(28)46-5)35(43)31(49-38)19-25-18-21(2)41(23(25)4)29-15-11-14-27(22(29)3)36(44)47-6/h8-20,34H,7H2,1-6H3/b31-19-/t34-/m0/s1. The zero-order valence-corrected chi connectivity index (χ0v) is 30.3. The van der Waals surface area contributed by atoms with Crippen LogP contribution in [0.1, 0.15) is 57.0 Å². The van der Waals surface area contributed by atoms with Gasteiger partial charge >= 0.3 is 11.9 Å². The van der Waals surface area contributed by atoms with Gasteiger partial charge in [-0.25, -0.2) is 14.6 Å². The third-order valence-corrected chi connectivity index (χ3v) is 10.0. The van der Waals surface area contributed by atoms with Crippen molar-refractivity contribution < 1.29 is 23.8 Å². The molecule has 250 valence electrons. The van der Waals surface area contributed by atoms with Gasteiger partial charge in [-0.15, -0.1) is 0 Å². The van der Waals surface area contributed by atoms with Crippen molar-refractivity contribution in [3.63, 3.8) is 0 Å². The molecule has 5 aromatic rings. The Morgan fingerprint density at radius 2 is 1.73 bits per heavy atom. The van der Waals surface area contributed by atoms with Gasteiger partial charge in [-0.2, -0.15) is 0 Å². The third-order valence-electron chi connectivity index (χ3n) is 8.57. The molecule has 1 aliphatic heterocycles. The molecular weight excluding hydrogens is 706 g/mol. The summed E-state index contributed by atoms with van der Waals surface area (Å²) in [6.07, 6.45) is 1.85. The number of thiazole rings is 1. The van der Waals surface area contributed by atoms with Gasteiger partial charge in [0.2, 0.25) is 0 Å². The molecule has 9 nitrogen and oxygen atoms in total. The van der Waals surface area contributed by atoms with Gasteiger partial charge in [0.25, 0.3) is 5.56 Å². The summed E-state index contributed by atoms with van der Waals surface area (Å²) in [4.78, 5) is 46.2. The van der Waals surface area contributed by atoms with E-state index in [2.05, 4.69) is 20.5 Å². The summed E-state index contributed by atoms with van der Waals surface area (Å²) >= 11 is 4.82. The van der Waals surface area contributed by atoms with Crippen LogP contribution in [0.4, 0.5) is 0 Å². The van der Waals surface area contributed by atoms with E-state index in [0.29, 0.717) is 31.9 Å². The first-order valence-electron chi connectivity index (χ1n) is 15.6. The molecule has 1 atom stereocenters. The molecule has 0 aliphatic carbocycles. The van der Waals surface area contributed by atoms with Crippen LogP contribution in [-0.4, -0.2) is 41.9 Å². The molecule has 1 aliphatic rings. The second kappa shape index (κ2) is 13.9. The number of rotatable bonds is 8. The Kier molecular flexibility index (Phi) is 9.58. The van der Waals surface area contributed by atoms with Crippen molar-refractivity contribution in [2.24, 2.45) is 4.99 Å². The van der Waals surface area contributed by atoms with Crippen LogP contribution in [-0.2, 0) is 14.3 Å². The van der Waals surface area contributed by atoms with Crippen LogP contribution >= 0.6 is 27.3 Å². The number of hydrogen-bond donors (Lipinski definition) is 0. The predicted molar refractivity (Wildman–Crippen MR) is 193 cm³/mol. The van der Waals surface area contributed by atoms with Crippen molar-refractivity contribution in [2.75, 3.05) is 20.8 Å². The lowest BCUT2D eigenvalue weighted by molar-refractivity contribution is -0.138. The highest BCUT2D eigenvalue weighted by atomic mass is 79.9. The lowest BCUT2D eigenvalue weighted by Gasteiger charge is -2.27. The van der Waals surface area contributed by atoms with Crippen molar-refractivity contribution >= 4 is 51.0 Å². The fourth-order valence-corrected chi connectivity index (χ4v) is 7.67. The number of esters is 2. The molecule has 0 radical (unpaired) electrons. The van der Waals surface area contributed by atoms with E-state index in [4.69, 9.17) is 19.2 Å². The van der Waals surface area contributed by atoms with Crippen LogP contribution in [0.2, 0.25) is 0 Å². The van der Waals surface area contributed by atoms with Crippen LogP contribution in [0.25, 0.3) is 17.5 Å². The fourth-order valence-electron chi connectivity index (χ4n) is 6.30. The number of aromatic nitrogens is 2. The molecular formula is C38H34BrN3O6S. The predicted octanol–water partition coefficient (Wildman–Crippen LogP) is 6.21. The monoisotopic (exact) mass is 739 g/mol. The second-order valence-electron chi connectivity index (χ2n) is 11.4. The molecule has 0 spiro atoms. The number of fused-ring (bicyclic) bond motifs is 1. The Balaban J connectivity index is 1.61. The smallest absolute Gasteiger partial charge is 0.338 e. The Morgan fingerprint density at radius 3 is 2.43 bits per heavy atom. The van der Waals surface area contributed by atoms with Gasteiger partial charge in [0.15, 0.2) is 4.80 Å². The molecule has 11 heteroatoms. The maximum Gasteiger partial charge on any atom is 0.338 e. The number of ether oxygens (including phenoxy) is 3. The van der Waals surface area contributed by atoms with Gasteiger partial charge in [-0.1, -0.05) is 63.7 Å². The normalized spacial score (nSPS) is 14.3. The van der Waals surface area contributed by atoms with Crippen molar-refractivity contribution in [3.05, 3.63) is 142 Å². The summed E-state index contributed by atoms with van der Waals surface area (Å²) < 4.78 is 21.2. The van der Waals surface area contributed by atoms with E-state index in [0.717, 1.165) is 38.2 Å². The maximum atomic E-state index is 14.5. The largest absolute Gasteiger partial charge is 0.496 e. The molecule has 3 aromatic carbocycles. The van der Waals surface area contributed by atoms with E-state index >= 15 is 0 Å². The molecule has 0 bridgehead atoms. The molecule has 49 heavy (non-hydrogen) atoms. The van der Waals surface area contributed by atoms with E-state index < -0.39 is 18.0 Å². The molecule has 2 aromatic heterocycles. The Morgan fingerprint density at radius 1 is 0.980 bits per heavy atom. The van der Waals surface area contributed by atoms with Gasteiger partial charge in [0.05, 0.1) is 42.2 Å². The average molecular weight is 741 g/mol. The first kappa shape index (κ1) is 33.9. The minimum atomic E-state index is -0.892. The number of carbonyl (C=O) groups is 2. The summed E-state index contributed by atoms with van der Waals surface area (Å²) in [6.45, 7) is 7.73. The van der Waals surface area contributed by atoms with Crippen LogP contribution in [0.15, 0.2) is 92.6 Å². The van der Waals surface area contributed by atoms with E-state index in [-0.39, 0.29) is 17.7 Å². The summed E-state index contributed by atoms with van der Waals surface area (Å²) in [6, 6.07) is 21.5. The highest BCUT2D eigenvalue weighted by Crippen LogP contribution is 2.40. The highest BCUT2D eigenvalue weighted by Gasteiger charge is 2.37. The third kappa shape index (κ3) is 6.08. The second-order valence-corrected chi connectivity index (χ2v) is 13.3. The minimum Gasteiger partial charge on any atom is -0.496 e. The summed E-state index contributed by atoms with van der Waals surface area (Å²) in [5.41, 5.74) is 6.43. The van der Waals surface area contributed by atoms with Gasteiger partial charge in [-0.3, -0.25) is 9.36 Å². The average Bonchev–Trinajstić information content (AvgIpc) is 3.56. The quantitative estimate of drug-likeness (QED) is 0.176. The van der Waals surface area contributed by atoms with E-state index in [1.165, 1.54) is 18.4 Å². The molecule has 0 unspecified atom stereocenters. The number of aryl methyl sites for hydroxylation is 1. The van der Waals surface area contributed by atoms with Gasteiger partial charge in [0, 0.05) is 32.7 Å². The van der Waals surface area contributed by atoms with Crippen LogP contribution in [0.5, 0.6) is 5.75 Å². The Hall–Kier alpha value is -5.00. The number of carbonyl (C=O) groups excluding carboxylic acids is 2. The zero-order chi connectivity index (χ0) is 35.0. The number of methoxy groups -OCH3 is 2. The highest BCUT2D eigenvalue weighted by molar-refractivity contribution is 9.10. The Labute approximate surface area is 295 Å². The molecule has 0 fully saturated rings. The van der Waals surface area contributed by atoms with E-state index in [1.807, 2.05) is 87.5 Å². The van der Waals surface area contributed by atoms with Gasteiger partial charge < -0.3 is 18.8 Å². The number of nitrogens with zero attached hydrogens (tertiary/aromatic N) is 3. The SMILES string of the molecule is CCOC(=O)C1=C(c2ccccc2)N=c2s/c(=C\c3cc(C)n(-c4cccc(C(=O)OC)c4C)c3C)c(=O)n2[C@H]1c1cc(Br)ccc1OC. The molecule has 0 saturated heterocycles.